The molecule has 0 spiro atoms. The van der Waals surface area contributed by atoms with Gasteiger partial charge in [0.2, 0.25) is 0 Å². The normalized spacial score (nSPS) is 24.9. The predicted molar refractivity (Wildman–Crippen MR) is 73.1 cm³/mol. The predicted octanol–water partition coefficient (Wildman–Crippen LogP) is 1.59. The molecule has 5 nitrogen and oxygen atoms in total. The van der Waals surface area contributed by atoms with Gasteiger partial charge in [-0.25, -0.2) is 0 Å². The summed E-state index contributed by atoms with van der Waals surface area (Å²) in [5, 5.41) is 0. The number of halogens is 1. The molecule has 6 heteroatoms. The van der Waals surface area contributed by atoms with Gasteiger partial charge in [0.05, 0.1) is 13.2 Å². The summed E-state index contributed by atoms with van der Waals surface area (Å²) in [5.74, 6) is 0.399. The van der Waals surface area contributed by atoms with Crippen molar-refractivity contribution in [3.63, 3.8) is 0 Å². The molecular formula is C13H17BrN2O3. The Morgan fingerprint density at radius 1 is 1.26 bits per heavy atom. The van der Waals surface area contributed by atoms with Gasteiger partial charge in [-0.05, 0) is 34.5 Å². The number of rotatable bonds is 2. The summed E-state index contributed by atoms with van der Waals surface area (Å²) in [6, 6.07) is 3.93. The fraction of sp³-hybridized carbons (Fsp3) is 0.615. The van der Waals surface area contributed by atoms with Crippen LogP contribution in [0.2, 0.25) is 0 Å². The van der Waals surface area contributed by atoms with E-state index in [0.717, 1.165) is 45.8 Å². The molecule has 1 aromatic rings. The summed E-state index contributed by atoms with van der Waals surface area (Å²) in [5.41, 5.74) is 0. The van der Waals surface area contributed by atoms with Crippen molar-refractivity contribution >= 4 is 21.8 Å². The largest absolute Gasteiger partial charge is 0.444 e. The highest BCUT2D eigenvalue weighted by Gasteiger charge is 2.32. The molecule has 2 aliphatic rings. The number of furan rings is 1. The van der Waals surface area contributed by atoms with Gasteiger partial charge in [-0.15, -0.1) is 0 Å². The van der Waals surface area contributed by atoms with Gasteiger partial charge in [0, 0.05) is 32.2 Å². The summed E-state index contributed by atoms with van der Waals surface area (Å²) >= 11 is 3.22. The summed E-state index contributed by atoms with van der Waals surface area (Å²) < 4.78 is 11.3. The molecule has 1 amide bonds. The van der Waals surface area contributed by atoms with E-state index >= 15 is 0 Å². The maximum Gasteiger partial charge on any atom is 0.289 e. The first kappa shape index (κ1) is 13.1. The van der Waals surface area contributed by atoms with Crippen molar-refractivity contribution in [1.29, 1.82) is 0 Å². The zero-order chi connectivity index (χ0) is 13.2. The zero-order valence-corrected chi connectivity index (χ0v) is 12.3. The van der Waals surface area contributed by atoms with Gasteiger partial charge in [0.1, 0.15) is 0 Å². The number of hydrogen-bond acceptors (Lipinski definition) is 4. The summed E-state index contributed by atoms with van der Waals surface area (Å²) in [7, 11) is 0. The molecule has 1 aromatic heterocycles. The second-order valence-electron chi connectivity index (χ2n) is 4.95. The molecule has 1 atom stereocenters. The lowest BCUT2D eigenvalue weighted by Crippen LogP contribution is -2.45. The maximum atomic E-state index is 12.3. The molecule has 3 heterocycles. The first-order valence-electron chi connectivity index (χ1n) is 6.60. The lowest BCUT2D eigenvalue weighted by Gasteiger charge is -2.31. The van der Waals surface area contributed by atoms with E-state index in [1.165, 1.54) is 0 Å². The number of nitrogens with zero attached hydrogens (tertiary/aromatic N) is 2. The Labute approximate surface area is 120 Å². The second-order valence-corrected chi connectivity index (χ2v) is 5.73. The Morgan fingerprint density at radius 3 is 2.74 bits per heavy atom. The molecule has 2 saturated heterocycles. The van der Waals surface area contributed by atoms with Crippen molar-refractivity contribution in [2.45, 2.75) is 12.5 Å². The van der Waals surface area contributed by atoms with E-state index in [0.29, 0.717) is 16.5 Å². The monoisotopic (exact) mass is 328 g/mol. The van der Waals surface area contributed by atoms with Gasteiger partial charge in [-0.1, -0.05) is 0 Å². The Balaban J connectivity index is 1.60. The van der Waals surface area contributed by atoms with Crippen LogP contribution >= 0.6 is 15.9 Å². The quantitative estimate of drug-likeness (QED) is 0.827. The fourth-order valence-corrected chi connectivity index (χ4v) is 3.06. The fourth-order valence-electron chi connectivity index (χ4n) is 2.75. The van der Waals surface area contributed by atoms with E-state index in [2.05, 4.69) is 20.8 Å². The van der Waals surface area contributed by atoms with Crippen LogP contribution in [0.25, 0.3) is 0 Å². The van der Waals surface area contributed by atoms with Crippen molar-refractivity contribution in [2.24, 2.45) is 0 Å². The van der Waals surface area contributed by atoms with Crippen LogP contribution in [-0.4, -0.2) is 61.1 Å². The van der Waals surface area contributed by atoms with Crippen LogP contribution in [0.3, 0.4) is 0 Å². The van der Waals surface area contributed by atoms with Crippen LogP contribution in [0.15, 0.2) is 21.2 Å². The van der Waals surface area contributed by atoms with Gasteiger partial charge in [-0.2, -0.15) is 0 Å². The lowest BCUT2D eigenvalue weighted by molar-refractivity contribution is 0.0184. The smallest absolute Gasteiger partial charge is 0.289 e. The highest BCUT2D eigenvalue weighted by atomic mass is 79.9. The van der Waals surface area contributed by atoms with Crippen LogP contribution in [-0.2, 0) is 4.74 Å². The van der Waals surface area contributed by atoms with Crippen molar-refractivity contribution in [2.75, 3.05) is 39.4 Å². The van der Waals surface area contributed by atoms with Gasteiger partial charge in [-0.3, -0.25) is 9.69 Å². The number of amides is 1. The SMILES string of the molecule is O=C(c1ccc(Br)o1)N1CCC(N2CCOCC2)C1. The molecule has 2 aliphatic heterocycles. The van der Waals surface area contributed by atoms with E-state index < -0.39 is 0 Å². The van der Waals surface area contributed by atoms with E-state index in [1.807, 2.05) is 4.90 Å². The first-order chi connectivity index (χ1) is 9.24. The highest BCUT2D eigenvalue weighted by Crippen LogP contribution is 2.21. The Morgan fingerprint density at radius 2 is 2.05 bits per heavy atom. The van der Waals surface area contributed by atoms with Crippen molar-refractivity contribution in [3.8, 4) is 0 Å². The van der Waals surface area contributed by atoms with Gasteiger partial charge in [0.25, 0.3) is 5.91 Å². The average molecular weight is 329 g/mol. The molecule has 0 aromatic carbocycles. The van der Waals surface area contributed by atoms with Crippen molar-refractivity contribution in [1.82, 2.24) is 9.80 Å². The molecule has 3 rings (SSSR count). The van der Waals surface area contributed by atoms with Crippen LogP contribution in [0, 0.1) is 0 Å². The third-order valence-electron chi connectivity index (χ3n) is 3.80. The molecule has 0 N–H and O–H groups in total. The summed E-state index contributed by atoms with van der Waals surface area (Å²) in [6.07, 6.45) is 1.04. The van der Waals surface area contributed by atoms with E-state index in [9.17, 15) is 4.79 Å². The average Bonchev–Trinajstić information content (AvgIpc) is 3.08. The first-order valence-corrected chi connectivity index (χ1v) is 7.40. The van der Waals surface area contributed by atoms with E-state index in [1.54, 1.807) is 12.1 Å². The van der Waals surface area contributed by atoms with Gasteiger partial charge >= 0.3 is 0 Å². The minimum Gasteiger partial charge on any atom is -0.444 e. The minimum atomic E-state index is -0.0125. The topological polar surface area (TPSA) is 45.9 Å². The zero-order valence-electron chi connectivity index (χ0n) is 10.7. The second kappa shape index (κ2) is 5.64. The molecule has 0 bridgehead atoms. The molecule has 0 aliphatic carbocycles. The van der Waals surface area contributed by atoms with Crippen LogP contribution in [0.1, 0.15) is 17.0 Å². The Hall–Kier alpha value is -0.850. The Kier molecular flexibility index (Phi) is 3.91. The van der Waals surface area contributed by atoms with Gasteiger partial charge < -0.3 is 14.1 Å². The van der Waals surface area contributed by atoms with Crippen molar-refractivity contribution in [3.05, 3.63) is 22.6 Å². The Bertz CT molecular complexity index is 456. The molecular weight excluding hydrogens is 312 g/mol. The number of morpholine rings is 1. The number of carbonyl (C=O) groups excluding carboxylic acids is 1. The molecule has 19 heavy (non-hydrogen) atoms. The number of ether oxygens (including phenoxy) is 1. The third kappa shape index (κ3) is 2.85. The maximum absolute atomic E-state index is 12.3. The van der Waals surface area contributed by atoms with Crippen LogP contribution in [0.4, 0.5) is 0 Å². The molecule has 104 valence electrons. The minimum absolute atomic E-state index is 0.0125. The molecule has 1 unspecified atom stereocenters. The lowest BCUT2D eigenvalue weighted by atomic mass is 10.2. The summed E-state index contributed by atoms with van der Waals surface area (Å²) in [4.78, 5) is 16.6. The highest BCUT2D eigenvalue weighted by molar-refractivity contribution is 9.10. The van der Waals surface area contributed by atoms with Crippen molar-refractivity contribution < 1.29 is 13.9 Å². The van der Waals surface area contributed by atoms with Crippen LogP contribution in [0.5, 0.6) is 0 Å². The third-order valence-corrected chi connectivity index (χ3v) is 4.22. The molecule has 2 fully saturated rings. The standard InChI is InChI=1S/C13H17BrN2O3/c14-12-2-1-11(19-12)13(17)16-4-3-10(9-16)15-5-7-18-8-6-15/h1-2,10H,3-9H2. The molecule has 0 saturated carbocycles. The van der Waals surface area contributed by atoms with E-state index in [4.69, 9.17) is 9.15 Å². The summed E-state index contributed by atoms with van der Waals surface area (Å²) in [6.45, 7) is 5.14. The number of likely N-dealkylation sites (tertiary alicyclic amines) is 1. The molecule has 0 radical (unpaired) electrons. The van der Waals surface area contributed by atoms with Crippen LogP contribution < -0.4 is 0 Å². The number of hydrogen-bond donors (Lipinski definition) is 0. The van der Waals surface area contributed by atoms with E-state index in [-0.39, 0.29) is 5.91 Å². The van der Waals surface area contributed by atoms with Gasteiger partial charge in [0.15, 0.2) is 10.4 Å². The number of carbonyl (C=O) groups is 1.